The van der Waals surface area contributed by atoms with Crippen LogP contribution in [0.25, 0.3) is 0 Å². The molecule has 0 saturated carbocycles. The maximum Gasteiger partial charge on any atom is 0.286 e. The van der Waals surface area contributed by atoms with Gasteiger partial charge in [0.2, 0.25) is 11.8 Å². The molecule has 4 amide bonds. The van der Waals surface area contributed by atoms with Gasteiger partial charge >= 0.3 is 0 Å². The van der Waals surface area contributed by atoms with E-state index in [1.807, 2.05) is 38.1 Å². The first-order valence-electron chi connectivity index (χ1n) is 11.6. The van der Waals surface area contributed by atoms with Crippen LogP contribution >= 0.6 is 11.8 Å². The van der Waals surface area contributed by atoms with E-state index in [1.165, 1.54) is 0 Å². The van der Waals surface area contributed by atoms with Gasteiger partial charge in [-0.2, -0.15) is 0 Å². The molecule has 2 atom stereocenters. The minimum atomic E-state index is -0.675. The van der Waals surface area contributed by atoms with E-state index in [1.54, 1.807) is 24.3 Å². The SMILES string of the molecule is CCCc1ccccc1NC(=O)[C@H](CC(C)C)NC(=O)c1ccc(CC2SC(=O)NC2=O)cc1. The smallest absolute Gasteiger partial charge is 0.286 e. The minimum absolute atomic E-state index is 0.210. The summed E-state index contributed by atoms with van der Waals surface area (Å²) in [5.74, 6) is -0.657. The van der Waals surface area contributed by atoms with Gasteiger partial charge in [-0.25, -0.2) is 0 Å². The number of anilines is 1. The van der Waals surface area contributed by atoms with Gasteiger partial charge in [-0.15, -0.1) is 0 Å². The number of thioether (sulfide) groups is 1. The lowest BCUT2D eigenvalue weighted by molar-refractivity contribution is -0.119. The molecule has 7 nitrogen and oxygen atoms in total. The zero-order valence-corrected chi connectivity index (χ0v) is 20.5. The quantitative estimate of drug-likeness (QED) is 0.469. The Morgan fingerprint density at radius 2 is 1.76 bits per heavy atom. The maximum absolute atomic E-state index is 13.1. The summed E-state index contributed by atoms with van der Waals surface area (Å²) >= 11 is 0.977. The average Bonchev–Trinajstić information content (AvgIpc) is 3.11. The first-order chi connectivity index (χ1) is 16.3. The molecule has 1 unspecified atom stereocenters. The van der Waals surface area contributed by atoms with Crippen molar-refractivity contribution in [1.29, 1.82) is 0 Å². The molecule has 180 valence electrons. The summed E-state index contributed by atoms with van der Waals surface area (Å²) in [5, 5.41) is 7.35. The van der Waals surface area contributed by atoms with Gasteiger partial charge < -0.3 is 10.6 Å². The lowest BCUT2D eigenvalue weighted by Gasteiger charge is -2.21. The molecule has 0 spiro atoms. The van der Waals surface area contributed by atoms with Crippen LogP contribution in [0.15, 0.2) is 48.5 Å². The Balaban J connectivity index is 1.66. The van der Waals surface area contributed by atoms with E-state index < -0.39 is 11.3 Å². The van der Waals surface area contributed by atoms with E-state index in [4.69, 9.17) is 0 Å². The van der Waals surface area contributed by atoms with E-state index in [-0.39, 0.29) is 28.9 Å². The van der Waals surface area contributed by atoms with Crippen LogP contribution in [-0.2, 0) is 22.4 Å². The number of hydrogen-bond acceptors (Lipinski definition) is 5. The van der Waals surface area contributed by atoms with Gasteiger partial charge in [0, 0.05) is 11.3 Å². The normalized spacial score (nSPS) is 16.3. The van der Waals surface area contributed by atoms with Gasteiger partial charge in [0.1, 0.15) is 6.04 Å². The molecule has 1 aliphatic heterocycles. The van der Waals surface area contributed by atoms with Crippen LogP contribution in [0.1, 0.15) is 55.1 Å². The van der Waals surface area contributed by atoms with Crippen molar-refractivity contribution in [2.75, 3.05) is 5.32 Å². The second-order valence-corrected chi connectivity index (χ2v) is 10.0. The highest BCUT2D eigenvalue weighted by atomic mass is 32.2. The first kappa shape index (κ1) is 25.5. The van der Waals surface area contributed by atoms with Gasteiger partial charge in [0.25, 0.3) is 11.1 Å². The molecule has 2 aromatic carbocycles. The molecule has 0 bridgehead atoms. The molecule has 0 radical (unpaired) electrons. The van der Waals surface area contributed by atoms with Crippen LogP contribution in [-0.4, -0.2) is 34.3 Å². The molecule has 8 heteroatoms. The van der Waals surface area contributed by atoms with Gasteiger partial charge in [0.15, 0.2) is 0 Å². The third-order valence-corrected chi connectivity index (χ3v) is 6.51. The number of imide groups is 1. The molecule has 1 saturated heterocycles. The van der Waals surface area contributed by atoms with Crippen LogP contribution in [0.5, 0.6) is 0 Å². The molecule has 1 aliphatic rings. The zero-order chi connectivity index (χ0) is 24.7. The fourth-order valence-corrected chi connectivity index (χ4v) is 4.69. The molecule has 1 heterocycles. The summed E-state index contributed by atoms with van der Waals surface area (Å²) in [6, 6.07) is 13.9. The number of rotatable bonds is 10. The molecular formula is C26H31N3O4S. The van der Waals surface area contributed by atoms with Crippen molar-refractivity contribution >= 4 is 40.4 Å². The van der Waals surface area contributed by atoms with Crippen LogP contribution in [0.4, 0.5) is 10.5 Å². The van der Waals surface area contributed by atoms with Crippen LogP contribution in [0.2, 0.25) is 0 Å². The summed E-state index contributed by atoms with van der Waals surface area (Å²) in [7, 11) is 0. The Kier molecular flexibility index (Phi) is 8.87. The molecule has 0 aliphatic carbocycles. The molecule has 34 heavy (non-hydrogen) atoms. The van der Waals surface area contributed by atoms with Crippen LogP contribution in [0, 0.1) is 5.92 Å². The number of amides is 4. The highest BCUT2D eigenvalue weighted by molar-refractivity contribution is 8.15. The molecule has 3 N–H and O–H groups in total. The molecule has 3 rings (SSSR count). The lowest BCUT2D eigenvalue weighted by Crippen LogP contribution is -2.44. The fourth-order valence-electron chi connectivity index (χ4n) is 3.83. The Labute approximate surface area is 204 Å². The van der Waals surface area contributed by atoms with E-state index in [0.717, 1.165) is 41.4 Å². The second-order valence-electron chi connectivity index (χ2n) is 8.84. The van der Waals surface area contributed by atoms with E-state index in [0.29, 0.717) is 18.4 Å². The van der Waals surface area contributed by atoms with Crippen molar-refractivity contribution in [2.24, 2.45) is 5.92 Å². The summed E-state index contributed by atoms with van der Waals surface area (Å²) < 4.78 is 0. The minimum Gasteiger partial charge on any atom is -0.340 e. The monoisotopic (exact) mass is 481 g/mol. The number of benzene rings is 2. The molecule has 1 fully saturated rings. The topological polar surface area (TPSA) is 104 Å². The Morgan fingerprint density at radius 3 is 2.38 bits per heavy atom. The van der Waals surface area contributed by atoms with Gasteiger partial charge in [-0.1, -0.05) is 69.3 Å². The number of para-hydroxylation sites is 1. The fraction of sp³-hybridized carbons (Fsp3) is 0.385. The van der Waals surface area contributed by atoms with E-state index in [2.05, 4.69) is 22.9 Å². The van der Waals surface area contributed by atoms with Gasteiger partial charge in [0.05, 0.1) is 5.25 Å². The summed E-state index contributed by atoms with van der Waals surface area (Å²) in [4.78, 5) is 49.1. The van der Waals surface area contributed by atoms with E-state index >= 15 is 0 Å². The van der Waals surface area contributed by atoms with Crippen molar-refractivity contribution in [3.8, 4) is 0 Å². The number of carbonyl (C=O) groups is 4. The summed E-state index contributed by atoms with van der Waals surface area (Å²) in [6.45, 7) is 6.11. The van der Waals surface area contributed by atoms with Crippen molar-refractivity contribution in [2.45, 2.75) is 57.7 Å². The Hall–Kier alpha value is -3.13. The van der Waals surface area contributed by atoms with Crippen LogP contribution in [0.3, 0.4) is 0 Å². The number of carbonyl (C=O) groups excluding carboxylic acids is 4. The van der Waals surface area contributed by atoms with Gasteiger partial charge in [-0.3, -0.25) is 24.5 Å². The first-order valence-corrected chi connectivity index (χ1v) is 12.4. The lowest BCUT2D eigenvalue weighted by atomic mass is 10.0. The van der Waals surface area contributed by atoms with Crippen molar-refractivity contribution in [3.63, 3.8) is 0 Å². The molecule has 2 aromatic rings. The standard InChI is InChI=1S/C26H31N3O4S/c1-4-7-18-8-5-6-9-20(18)27-24(31)21(14-16(2)3)28-23(30)19-12-10-17(11-13-19)15-22-25(32)29-26(33)34-22/h5-6,8-13,16,21-22H,4,7,14-15H2,1-3H3,(H,27,31)(H,28,30)(H,29,32,33)/t21-,22?/m0/s1. The summed E-state index contributed by atoms with van der Waals surface area (Å²) in [5.41, 5.74) is 3.12. The highest BCUT2D eigenvalue weighted by Gasteiger charge is 2.31. The molecular weight excluding hydrogens is 450 g/mol. The number of nitrogens with one attached hydrogen (secondary N) is 3. The second kappa shape index (κ2) is 11.8. The highest BCUT2D eigenvalue weighted by Crippen LogP contribution is 2.23. The van der Waals surface area contributed by atoms with Gasteiger partial charge in [-0.05, 0) is 54.5 Å². The molecule has 0 aromatic heterocycles. The van der Waals surface area contributed by atoms with Crippen molar-refractivity contribution in [3.05, 3.63) is 65.2 Å². The maximum atomic E-state index is 13.1. The third-order valence-electron chi connectivity index (χ3n) is 5.53. The van der Waals surface area contributed by atoms with E-state index in [9.17, 15) is 19.2 Å². The zero-order valence-electron chi connectivity index (χ0n) is 19.7. The number of hydrogen-bond donors (Lipinski definition) is 3. The Morgan fingerprint density at radius 1 is 1.06 bits per heavy atom. The average molecular weight is 482 g/mol. The Bertz CT molecular complexity index is 1050. The predicted octanol–water partition coefficient (Wildman–Crippen LogP) is 4.32. The third kappa shape index (κ3) is 6.93. The largest absolute Gasteiger partial charge is 0.340 e. The van der Waals surface area contributed by atoms with Crippen molar-refractivity contribution < 1.29 is 19.2 Å². The van der Waals surface area contributed by atoms with Crippen molar-refractivity contribution in [1.82, 2.24) is 10.6 Å². The summed E-state index contributed by atoms with van der Waals surface area (Å²) in [6.07, 6.45) is 2.74. The van der Waals surface area contributed by atoms with Crippen LogP contribution < -0.4 is 16.0 Å². The number of aryl methyl sites for hydroxylation is 1. The predicted molar refractivity (Wildman–Crippen MR) is 135 cm³/mol.